The van der Waals surface area contributed by atoms with Crippen LogP contribution in [0.2, 0.25) is 0 Å². The Morgan fingerprint density at radius 1 is 1.75 bits per heavy atom. The van der Waals surface area contributed by atoms with Gasteiger partial charge in [0, 0.05) is 12.0 Å². The molecule has 0 amide bonds. The van der Waals surface area contributed by atoms with Gasteiger partial charge in [0.2, 0.25) is 0 Å². The van der Waals surface area contributed by atoms with Gasteiger partial charge in [0.05, 0.1) is 0 Å². The second-order valence-corrected chi connectivity index (χ2v) is 3.30. The number of hydrogen-bond acceptors (Lipinski definition) is 2. The van der Waals surface area contributed by atoms with Crippen molar-refractivity contribution in [1.29, 1.82) is 0 Å². The Morgan fingerprint density at radius 2 is 2.50 bits per heavy atom. The molecule has 2 atom stereocenters. The van der Waals surface area contributed by atoms with Gasteiger partial charge in [0.1, 0.15) is 5.70 Å². The molecule has 0 saturated heterocycles. The molecule has 2 unspecified atom stereocenters. The quantitative estimate of drug-likeness (QED) is 0.567. The van der Waals surface area contributed by atoms with E-state index in [0.717, 1.165) is 12.0 Å². The molecule has 2 aliphatic rings. The lowest BCUT2D eigenvalue weighted by molar-refractivity contribution is -0.133. The fraction of sp³-hybridized carbons (Fsp3) is 0.444. The Balaban J connectivity index is 2.31. The molecule has 1 aliphatic carbocycles. The number of fused-ring (bicyclic) bond motifs is 1. The standard InChI is InChI=1S/C9H11NO2/c1-5-6-3-2-4-7(6)10-8(5)9(11)12/h2-3,6-7,10H,4H2,1H3,(H,11,12). The minimum atomic E-state index is -0.838. The van der Waals surface area contributed by atoms with E-state index in [1.807, 2.05) is 6.92 Å². The molecule has 0 aromatic rings. The van der Waals surface area contributed by atoms with Gasteiger partial charge in [-0.2, -0.15) is 0 Å². The van der Waals surface area contributed by atoms with E-state index < -0.39 is 5.97 Å². The number of hydrogen-bond donors (Lipinski definition) is 2. The second kappa shape index (κ2) is 2.37. The van der Waals surface area contributed by atoms with Crippen molar-refractivity contribution in [2.45, 2.75) is 19.4 Å². The van der Waals surface area contributed by atoms with Crippen LogP contribution in [0, 0.1) is 5.92 Å². The van der Waals surface area contributed by atoms with Crippen LogP contribution in [-0.2, 0) is 4.79 Å². The number of rotatable bonds is 1. The predicted molar refractivity (Wildman–Crippen MR) is 44.5 cm³/mol. The summed E-state index contributed by atoms with van der Waals surface area (Å²) in [5.74, 6) is -0.522. The summed E-state index contributed by atoms with van der Waals surface area (Å²) in [7, 11) is 0. The summed E-state index contributed by atoms with van der Waals surface area (Å²) in [6.45, 7) is 1.89. The van der Waals surface area contributed by atoms with Crippen molar-refractivity contribution >= 4 is 5.97 Å². The lowest BCUT2D eigenvalue weighted by Crippen LogP contribution is -2.26. The summed E-state index contributed by atoms with van der Waals surface area (Å²) < 4.78 is 0. The molecule has 0 bridgehead atoms. The highest BCUT2D eigenvalue weighted by atomic mass is 16.4. The average Bonchev–Trinajstić information content (AvgIpc) is 2.53. The van der Waals surface area contributed by atoms with Crippen LogP contribution in [0.15, 0.2) is 23.4 Å². The Labute approximate surface area is 70.8 Å². The van der Waals surface area contributed by atoms with Crippen LogP contribution in [0.4, 0.5) is 0 Å². The highest BCUT2D eigenvalue weighted by molar-refractivity contribution is 5.88. The summed E-state index contributed by atoms with van der Waals surface area (Å²) in [4.78, 5) is 10.7. The normalized spacial score (nSPS) is 32.1. The molecule has 1 heterocycles. The Kier molecular flexibility index (Phi) is 1.46. The fourth-order valence-corrected chi connectivity index (χ4v) is 1.94. The maximum Gasteiger partial charge on any atom is 0.351 e. The molecule has 0 aromatic carbocycles. The molecule has 0 aromatic heterocycles. The molecule has 0 spiro atoms. The van der Waals surface area contributed by atoms with Crippen LogP contribution in [0.5, 0.6) is 0 Å². The fourth-order valence-electron chi connectivity index (χ4n) is 1.94. The van der Waals surface area contributed by atoms with E-state index in [-0.39, 0.29) is 0 Å². The van der Waals surface area contributed by atoms with E-state index in [9.17, 15) is 4.79 Å². The van der Waals surface area contributed by atoms with Crippen molar-refractivity contribution in [3.63, 3.8) is 0 Å². The summed E-state index contributed by atoms with van der Waals surface area (Å²) in [6, 6.07) is 0.302. The van der Waals surface area contributed by atoms with Crippen molar-refractivity contribution in [2.24, 2.45) is 5.92 Å². The second-order valence-electron chi connectivity index (χ2n) is 3.30. The van der Waals surface area contributed by atoms with E-state index in [0.29, 0.717) is 17.7 Å². The summed E-state index contributed by atoms with van der Waals surface area (Å²) in [6.07, 6.45) is 5.13. The first kappa shape index (κ1) is 7.40. The highest BCUT2D eigenvalue weighted by Gasteiger charge is 2.34. The van der Waals surface area contributed by atoms with Crippen LogP contribution in [0.1, 0.15) is 13.3 Å². The molecule has 3 nitrogen and oxygen atoms in total. The third kappa shape index (κ3) is 0.858. The zero-order valence-electron chi connectivity index (χ0n) is 6.87. The number of carboxylic acids is 1. The lowest BCUT2D eigenvalue weighted by atomic mass is 9.99. The smallest absolute Gasteiger partial charge is 0.351 e. The molecule has 2 rings (SSSR count). The molecular formula is C9H11NO2. The number of aliphatic carboxylic acids is 1. The first-order valence-electron chi connectivity index (χ1n) is 4.07. The lowest BCUT2D eigenvalue weighted by Gasteiger charge is -2.09. The number of carbonyl (C=O) groups is 1. The molecule has 12 heavy (non-hydrogen) atoms. The van der Waals surface area contributed by atoms with Crippen LogP contribution in [-0.4, -0.2) is 17.1 Å². The van der Waals surface area contributed by atoms with Gasteiger partial charge in [0.15, 0.2) is 0 Å². The van der Waals surface area contributed by atoms with Gasteiger partial charge in [-0.05, 0) is 18.9 Å². The maximum atomic E-state index is 10.7. The zero-order valence-corrected chi connectivity index (χ0v) is 6.87. The summed E-state index contributed by atoms with van der Waals surface area (Å²) >= 11 is 0. The Hall–Kier alpha value is -1.25. The zero-order chi connectivity index (χ0) is 8.72. The van der Waals surface area contributed by atoms with Gasteiger partial charge in [-0.15, -0.1) is 0 Å². The molecular weight excluding hydrogens is 154 g/mol. The van der Waals surface area contributed by atoms with Crippen LogP contribution in [0.25, 0.3) is 0 Å². The Bertz CT molecular complexity index is 291. The van der Waals surface area contributed by atoms with E-state index in [4.69, 9.17) is 5.11 Å². The van der Waals surface area contributed by atoms with Gasteiger partial charge < -0.3 is 10.4 Å². The van der Waals surface area contributed by atoms with Crippen LogP contribution in [0.3, 0.4) is 0 Å². The molecule has 3 heteroatoms. The average molecular weight is 165 g/mol. The van der Waals surface area contributed by atoms with Crippen molar-refractivity contribution in [2.75, 3.05) is 0 Å². The van der Waals surface area contributed by atoms with Crippen molar-refractivity contribution in [1.82, 2.24) is 5.32 Å². The van der Waals surface area contributed by atoms with E-state index in [2.05, 4.69) is 17.5 Å². The molecule has 64 valence electrons. The Morgan fingerprint density at radius 3 is 3.08 bits per heavy atom. The van der Waals surface area contributed by atoms with Crippen molar-refractivity contribution < 1.29 is 9.90 Å². The third-order valence-electron chi connectivity index (χ3n) is 2.60. The molecule has 0 radical (unpaired) electrons. The van der Waals surface area contributed by atoms with E-state index >= 15 is 0 Å². The van der Waals surface area contributed by atoms with Crippen molar-refractivity contribution in [3.05, 3.63) is 23.4 Å². The van der Waals surface area contributed by atoms with Gasteiger partial charge >= 0.3 is 5.97 Å². The monoisotopic (exact) mass is 165 g/mol. The van der Waals surface area contributed by atoms with Crippen LogP contribution >= 0.6 is 0 Å². The SMILES string of the molecule is CC1=C(C(=O)O)NC2CC=CC12. The topological polar surface area (TPSA) is 49.3 Å². The van der Waals surface area contributed by atoms with Gasteiger partial charge in [0.25, 0.3) is 0 Å². The van der Waals surface area contributed by atoms with Gasteiger partial charge in [-0.25, -0.2) is 4.79 Å². The van der Waals surface area contributed by atoms with Crippen LogP contribution < -0.4 is 5.32 Å². The van der Waals surface area contributed by atoms with Gasteiger partial charge in [-0.3, -0.25) is 0 Å². The molecule has 0 fully saturated rings. The molecule has 2 N–H and O–H groups in total. The maximum absolute atomic E-state index is 10.7. The minimum absolute atomic E-state index is 0.302. The first-order chi connectivity index (χ1) is 5.70. The first-order valence-corrected chi connectivity index (χ1v) is 4.07. The van der Waals surface area contributed by atoms with Gasteiger partial charge in [-0.1, -0.05) is 12.2 Å². The van der Waals surface area contributed by atoms with E-state index in [1.54, 1.807) is 0 Å². The highest BCUT2D eigenvalue weighted by Crippen LogP contribution is 2.32. The third-order valence-corrected chi connectivity index (χ3v) is 2.60. The summed E-state index contributed by atoms with van der Waals surface area (Å²) in [5.41, 5.74) is 1.36. The summed E-state index contributed by atoms with van der Waals surface area (Å²) in [5, 5.41) is 11.8. The minimum Gasteiger partial charge on any atom is -0.477 e. The number of carboxylic acid groups (broad SMARTS) is 1. The molecule has 1 aliphatic heterocycles. The number of nitrogens with one attached hydrogen (secondary N) is 1. The largest absolute Gasteiger partial charge is 0.477 e. The van der Waals surface area contributed by atoms with Crippen molar-refractivity contribution in [3.8, 4) is 0 Å². The predicted octanol–water partition coefficient (Wildman–Crippen LogP) is 0.893. The molecule has 0 saturated carbocycles. The van der Waals surface area contributed by atoms with E-state index in [1.165, 1.54) is 0 Å².